The van der Waals surface area contributed by atoms with Crippen LogP contribution in [-0.4, -0.2) is 60.0 Å². The van der Waals surface area contributed by atoms with Gasteiger partial charge in [-0.25, -0.2) is 0 Å². The normalized spacial score (nSPS) is 23.4. The molecule has 0 aromatic heterocycles. The minimum absolute atomic E-state index is 0.0778. The molecule has 0 bridgehead atoms. The zero-order valence-electron chi connectivity index (χ0n) is 12.3. The highest BCUT2D eigenvalue weighted by molar-refractivity contribution is 5.78. The molecule has 1 N–H and O–H groups in total. The van der Waals surface area contributed by atoms with Crippen molar-refractivity contribution in [1.82, 2.24) is 9.80 Å². The monoisotopic (exact) mass is 270 g/mol. The zero-order valence-corrected chi connectivity index (χ0v) is 12.3. The molecular formula is C14H26N2O3. The van der Waals surface area contributed by atoms with Crippen molar-refractivity contribution in [3.8, 4) is 0 Å². The van der Waals surface area contributed by atoms with Crippen LogP contribution in [0, 0.1) is 5.92 Å². The summed E-state index contributed by atoms with van der Waals surface area (Å²) in [7, 11) is 3.66. The smallest absolute Gasteiger partial charge is 0.304 e. The molecule has 1 fully saturated rings. The quantitative estimate of drug-likeness (QED) is 0.793. The topological polar surface area (TPSA) is 60.9 Å². The molecule has 0 aromatic rings. The first-order valence-electron chi connectivity index (χ1n) is 7.06. The van der Waals surface area contributed by atoms with E-state index < -0.39 is 5.97 Å². The Labute approximate surface area is 115 Å². The molecule has 1 amide bonds. The standard InChI is InChI=1S/C14H26N2O3/c1-11-4-6-12(7-5-11)16(3)13(17)10-15(2)9-8-14(18)19/h11-12H,4-10H2,1-3H3,(H,18,19). The Bertz CT molecular complexity index is 312. The van der Waals surface area contributed by atoms with E-state index in [1.54, 1.807) is 11.9 Å². The highest BCUT2D eigenvalue weighted by Crippen LogP contribution is 2.26. The lowest BCUT2D eigenvalue weighted by molar-refractivity contribution is -0.138. The van der Waals surface area contributed by atoms with Crippen molar-refractivity contribution in [1.29, 1.82) is 0 Å². The van der Waals surface area contributed by atoms with Gasteiger partial charge in [0, 0.05) is 19.6 Å². The maximum atomic E-state index is 12.1. The van der Waals surface area contributed by atoms with Crippen LogP contribution in [0.25, 0.3) is 0 Å². The molecule has 5 heteroatoms. The predicted molar refractivity (Wildman–Crippen MR) is 73.9 cm³/mol. The first kappa shape index (κ1) is 16.0. The summed E-state index contributed by atoms with van der Waals surface area (Å²) in [5, 5.41) is 8.61. The van der Waals surface area contributed by atoms with Gasteiger partial charge in [-0.2, -0.15) is 0 Å². The summed E-state index contributed by atoms with van der Waals surface area (Å²) >= 11 is 0. The average Bonchev–Trinajstić information content (AvgIpc) is 2.36. The van der Waals surface area contributed by atoms with Crippen LogP contribution in [-0.2, 0) is 9.59 Å². The minimum Gasteiger partial charge on any atom is -0.481 e. The average molecular weight is 270 g/mol. The summed E-state index contributed by atoms with van der Waals surface area (Å²) in [5.74, 6) is 0.0411. The third-order valence-electron chi connectivity index (χ3n) is 4.04. The highest BCUT2D eigenvalue weighted by atomic mass is 16.4. The third kappa shape index (κ3) is 5.59. The zero-order chi connectivity index (χ0) is 14.4. The Hall–Kier alpha value is -1.10. The molecular weight excluding hydrogens is 244 g/mol. The fourth-order valence-corrected chi connectivity index (χ4v) is 2.54. The van der Waals surface area contributed by atoms with Gasteiger partial charge in [0.2, 0.25) is 5.91 Å². The summed E-state index contributed by atoms with van der Waals surface area (Å²) in [5.41, 5.74) is 0. The predicted octanol–water partition coefficient (Wildman–Crippen LogP) is 1.43. The number of carbonyl (C=O) groups excluding carboxylic acids is 1. The van der Waals surface area contributed by atoms with Gasteiger partial charge in [0.15, 0.2) is 0 Å². The molecule has 0 radical (unpaired) electrons. The van der Waals surface area contributed by atoms with Crippen molar-refractivity contribution in [2.75, 3.05) is 27.2 Å². The second-order valence-electron chi connectivity index (χ2n) is 5.80. The molecule has 0 unspecified atom stereocenters. The van der Waals surface area contributed by atoms with E-state index in [0.717, 1.165) is 18.8 Å². The Kier molecular flexibility index (Phi) is 6.28. The fourth-order valence-electron chi connectivity index (χ4n) is 2.54. The van der Waals surface area contributed by atoms with Crippen molar-refractivity contribution >= 4 is 11.9 Å². The van der Waals surface area contributed by atoms with Crippen LogP contribution in [0.2, 0.25) is 0 Å². The van der Waals surface area contributed by atoms with Gasteiger partial charge in [-0.15, -0.1) is 0 Å². The van der Waals surface area contributed by atoms with Gasteiger partial charge in [-0.3, -0.25) is 14.5 Å². The van der Waals surface area contributed by atoms with Gasteiger partial charge >= 0.3 is 5.97 Å². The van der Waals surface area contributed by atoms with Crippen molar-refractivity contribution in [3.05, 3.63) is 0 Å². The van der Waals surface area contributed by atoms with Crippen LogP contribution >= 0.6 is 0 Å². The van der Waals surface area contributed by atoms with E-state index in [2.05, 4.69) is 6.92 Å². The van der Waals surface area contributed by atoms with E-state index in [0.29, 0.717) is 19.1 Å². The van der Waals surface area contributed by atoms with Crippen LogP contribution in [0.5, 0.6) is 0 Å². The van der Waals surface area contributed by atoms with Crippen molar-refractivity contribution in [2.45, 2.75) is 45.1 Å². The lowest BCUT2D eigenvalue weighted by atomic mass is 9.87. The molecule has 5 nitrogen and oxygen atoms in total. The summed E-state index contributed by atoms with van der Waals surface area (Å²) < 4.78 is 0. The third-order valence-corrected chi connectivity index (χ3v) is 4.04. The highest BCUT2D eigenvalue weighted by Gasteiger charge is 2.25. The molecule has 1 rings (SSSR count). The Morgan fingerprint density at radius 2 is 1.74 bits per heavy atom. The van der Waals surface area contributed by atoms with Crippen molar-refractivity contribution in [2.24, 2.45) is 5.92 Å². The summed E-state index contributed by atoms with van der Waals surface area (Å²) in [6.45, 7) is 2.98. The number of carbonyl (C=O) groups is 2. The second-order valence-corrected chi connectivity index (χ2v) is 5.80. The van der Waals surface area contributed by atoms with E-state index >= 15 is 0 Å². The number of aliphatic carboxylic acids is 1. The Balaban J connectivity index is 2.33. The van der Waals surface area contributed by atoms with Crippen LogP contribution in [0.15, 0.2) is 0 Å². The van der Waals surface area contributed by atoms with Crippen molar-refractivity contribution in [3.63, 3.8) is 0 Å². The molecule has 1 aliphatic rings. The number of nitrogens with zero attached hydrogens (tertiary/aromatic N) is 2. The number of likely N-dealkylation sites (N-methyl/N-ethyl adjacent to an activating group) is 2. The number of hydrogen-bond acceptors (Lipinski definition) is 3. The first-order valence-corrected chi connectivity index (χ1v) is 7.06. The second kappa shape index (κ2) is 7.48. The van der Waals surface area contributed by atoms with Crippen LogP contribution in [0.4, 0.5) is 0 Å². The molecule has 1 aliphatic carbocycles. The Morgan fingerprint density at radius 3 is 2.26 bits per heavy atom. The lowest BCUT2D eigenvalue weighted by Gasteiger charge is -2.34. The molecule has 0 aromatic carbocycles. The number of amides is 1. The fraction of sp³-hybridized carbons (Fsp3) is 0.857. The molecule has 0 saturated heterocycles. The van der Waals surface area contributed by atoms with Gasteiger partial charge in [0.05, 0.1) is 13.0 Å². The minimum atomic E-state index is -0.825. The van der Waals surface area contributed by atoms with E-state index in [-0.39, 0.29) is 12.3 Å². The van der Waals surface area contributed by atoms with E-state index in [9.17, 15) is 9.59 Å². The van der Waals surface area contributed by atoms with Gasteiger partial charge in [-0.1, -0.05) is 6.92 Å². The molecule has 110 valence electrons. The van der Waals surface area contributed by atoms with E-state index in [1.807, 2.05) is 11.9 Å². The van der Waals surface area contributed by atoms with E-state index in [4.69, 9.17) is 5.11 Å². The maximum absolute atomic E-state index is 12.1. The van der Waals surface area contributed by atoms with Gasteiger partial charge in [0.1, 0.15) is 0 Å². The molecule has 0 atom stereocenters. The maximum Gasteiger partial charge on any atom is 0.304 e. The molecule has 0 spiro atoms. The van der Waals surface area contributed by atoms with Gasteiger partial charge in [0.25, 0.3) is 0 Å². The van der Waals surface area contributed by atoms with Crippen LogP contribution in [0.1, 0.15) is 39.0 Å². The van der Waals surface area contributed by atoms with Gasteiger partial charge in [-0.05, 0) is 38.6 Å². The number of rotatable bonds is 6. The van der Waals surface area contributed by atoms with E-state index in [1.165, 1.54) is 12.8 Å². The summed E-state index contributed by atoms with van der Waals surface area (Å²) in [6.07, 6.45) is 4.63. The molecule has 1 saturated carbocycles. The SMILES string of the molecule is CC1CCC(N(C)C(=O)CN(C)CCC(=O)O)CC1. The summed E-state index contributed by atoms with van der Waals surface area (Å²) in [4.78, 5) is 26.2. The molecule has 0 aliphatic heterocycles. The first-order chi connectivity index (χ1) is 8.90. The number of hydrogen-bond donors (Lipinski definition) is 1. The number of carboxylic acids is 1. The largest absolute Gasteiger partial charge is 0.481 e. The molecule has 19 heavy (non-hydrogen) atoms. The Morgan fingerprint density at radius 1 is 1.16 bits per heavy atom. The van der Waals surface area contributed by atoms with Crippen LogP contribution in [0.3, 0.4) is 0 Å². The summed E-state index contributed by atoms with van der Waals surface area (Å²) in [6, 6.07) is 0.358. The lowest BCUT2D eigenvalue weighted by Crippen LogP contribution is -2.44. The molecule has 0 heterocycles. The van der Waals surface area contributed by atoms with Gasteiger partial charge < -0.3 is 10.0 Å². The van der Waals surface area contributed by atoms with Crippen LogP contribution < -0.4 is 0 Å². The number of carboxylic acid groups (broad SMARTS) is 1. The van der Waals surface area contributed by atoms with Crippen molar-refractivity contribution < 1.29 is 14.7 Å².